The Hall–Kier alpha value is -1.30. The molecule has 6 nitrogen and oxygen atoms in total. The highest BCUT2D eigenvalue weighted by Gasteiger charge is 2.42. The van der Waals surface area contributed by atoms with Crippen molar-refractivity contribution in [3.05, 3.63) is 0 Å². The summed E-state index contributed by atoms with van der Waals surface area (Å²) < 4.78 is 5.36. The summed E-state index contributed by atoms with van der Waals surface area (Å²) in [5, 5.41) is 11.7. The molecule has 2 fully saturated rings. The number of carboxylic acid groups (broad SMARTS) is 1. The highest BCUT2D eigenvalue weighted by atomic mass is 16.5. The largest absolute Gasteiger partial charge is 0.465 e. The first-order chi connectivity index (χ1) is 7.11. The molecule has 84 valence electrons. The molecule has 2 aliphatic heterocycles. The van der Waals surface area contributed by atoms with Crippen molar-refractivity contribution in [3.8, 4) is 0 Å². The van der Waals surface area contributed by atoms with Gasteiger partial charge in [-0.25, -0.2) is 4.79 Å². The maximum absolute atomic E-state index is 11.2. The van der Waals surface area contributed by atoms with E-state index in [1.165, 1.54) is 4.90 Å². The summed E-state index contributed by atoms with van der Waals surface area (Å²) in [6.07, 6.45) is -0.587. The van der Waals surface area contributed by atoms with Gasteiger partial charge in [-0.15, -0.1) is 0 Å². The van der Waals surface area contributed by atoms with Crippen molar-refractivity contribution < 1.29 is 19.4 Å². The molecule has 0 saturated carbocycles. The number of hydrogen-bond donors (Lipinski definition) is 2. The molecule has 15 heavy (non-hydrogen) atoms. The zero-order valence-electron chi connectivity index (χ0n) is 8.36. The molecule has 1 atom stereocenters. The van der Waals surface area contributed by atoms with Gasteiger partial charge in [-0.2, -0.15) is 0 Å². The van der Waals surface area contributed by atoms with Gasteiger partial charge in [-0.3, -0.25) is 4.79 Å². The van der Waals surface area contributed by atoms with E-state index >= 15 is 0 Å². The van der Waals surface area contributed by atoms with Crippen LogP contribution in [0.25, 0.3) is 0 Å². The number of nitrogens with zero attached hydrogens (tertiary/aromatic N) is 1. The summed E-state index contributed by atoms with van der Waals surface area (Å²) in [4.78, 5) is 23.4. The highest BCUT2D eigenvalue weighted by Crippen LogP contribution is 2.29. The van der Waals surface area contributed by atoms with Crippen LogP contribution in [0.2, 0.25) is 0 Å². The molecule has 2 N–H and O–H groups in total. The maximum atomic E-state index is 11.2. The SMILES string of the molecule is O=C1CC2(CN1)COCCN(C(=O)O)C2. The molecule has 0 bridgehead atoms. The molecule has 2 heterocycles. The quantitative estimate of drug-likeness (QED) is 0.570. The van der Waals surface area contributed by atoms with E-state index < -0.39 is 6.09 Å². The van der Waals surface area contributed by atoms with Crippen LogP contribution in [0.4, 0.5) is 4.79 Å². The van der Waals surface area contributed by atoms with Gasteiger partial charge in [0, 0.05) is 31.5 Å². The molecule has 2 amide bonds. The third-order valence-electron chi connectivity index (χ3n) is 2.91. The second-order valence-electron chi connectivity index (χ2n) is 4.21. The standard InChI is InChI=1S/C9H14N2O4/c12-7-3-9(4-10-7)5-11(8(13)14)1-2-15-6-9/h1-6H2,(H,10,12)(H,13,14). The van der Waals surface area contributed by atoms with Crippen LogP contribution in [0.3, 0.4) is 0 Å². The summed E-state index contributed by atoms with van der Waals surface area (Å²) in [7, 11) is 0. The minimum absolute atomic E-state index is 0.0224. The lowest BCUT2D eigenvalue weighted by atomic mass is 9.87. The van der Waals surface area contributed by atoms with E-state index in [1.54, 1.807) is 0 Å². The monoisotopic (exact) mass is 214 g/mol. The van der Waals surface area contributed by atoms with Crippen LogP contribution >= 0.6 is 0 Å². The molecule has 0 aromatic carbocycles. The van der Waals surface area contributed by atoms with Crippen LogP contribution < -0.4 is 5.32 Å². The highest BCUT2D eigenvalue weighted by molar-refractivity contribution is 5.79. The first kappa shape index (κ1) is 10.2. The number of ether oxygens (including phenoxy) is 1. The van der Waals surface area contributed by atoms with Crippen LogP contribution in [0.1, 0.15) is 6.42 Å². The van der Waals surface area contributed by atoms with Gasteiger partial charge in [0.15, 0.2) is 0 Å². The summed E-state index contributed by atoms with van der Waals surface area (Å²) in [6.45, 7) is 2.12. The second kappa shape index (κ2) is 3.69. The molecule has 2 rings (SSSR count). The Kier molecular flexibility index (Phi) is 2.52. The third-order valence-corrected chi connectivity index (χ3v) is 2.91. The first-order valence-electron chi connectivity index (χ1n) is 4.94. The molecule has 0 radical (unpaired) electrons. The minimum Gasteiger partial charge on any atom is -0.465 e. The predicted molar refractivity (Wildman–Crippen MR) is 50.5 cm³/mol. The number of carbonyl (C=O) groups excluding carboxylic acids is 1. The van der Waals surface area contributed by atoms with E-state index in [0.29, 0.717) is 39.3 Å². The van der Waals surface area contributed by atoms with Crippen molar-refractivity contribution in [1.29, 1.82) is 0 Å². The Morgan fingerprint density at radius 2 is 2.40 bits per heavy atom. The summed E-state index contributed by atoms with van der Waals surface area (Å²) in [6, 6.07) is 0. The topological polar surface area (TPSA) is 78.9 Å². The Balaban J connectivity index is 2.11. The summed E-state index contributed by atoms with van der Waals surface area (Å²) in [5.74, 6) is -0.0224. The number of nitrogens with one attached hydrogen (secondary N) is 1. The second-order valence-corrected chi connectivity index (χ2v) is 4.21. The molecule has 0 aromatic rings. The van der Waals surface area contributed by atoms with Crippen molar-refractivity contribution in [3.63, 3.8) is 0 Å². The van der Waals surface area contributed by atoms with Gasteiger partial charge in [0.1, 0.15) is 0 Å². The first-order valence-corrected chi connectivity index (χ1v) is 4.94. The Bertz CT molecular complexity index is 294. The smallest absolute Gasteiger partial charge is 0.407 e. The molecule has 2 saturated heterocycles. The Morgan fingerprint density at radius 3 is 3.00 bits per heavy atom. The van der Waals surface area contributed by atoms with Gasteiger partial charge < -0.3 is 20.1 Å². The van der Waals surface area contributed by atoms with Crippen LogP contribution in [-0.4, -0.2) is 54.9 Å². The van der Waals surface area contributed by atoms with Gasteiger partial charge >= 0.3 is 6.09 Å². The van der Waals surface area contributed by atoms with Gasteiger partial charge in [-0.05, 0) is 0 Å². The fourth-order valence-corrected chi connectivity index (χ4v) is 2.12. The average molecular weight is 214 g/mol. The van der Waals surface area contributed by atoms with Crippen molar-refractivity contribution in [1.82, 2.24) is 10.2 Å². The van der Waals surface area contributed by atoms with Crippen LogP contribution in [0, 0.1) is 5.41 Å². The molecule has 1 unspecified atom stereocenters. The van der Waals surface area contributed by atoms with Gasteiger partial charge in [0.25, 0.3) is 0 Å². The molecule has 1 spiro atoms. The van der Waals surface area contributed by atoms with Gasteiger partial charge in [0.2, 0.25) is 5.91 Å². The Labute approximate surface area is 87.2 Å². The van der Waals surface area contributed by atoms with E-state index in [2.05, 4.69) is 5.32 Å². The van der Waals surface area contributed by atoms with E-state index in [1.807, 2.05) is 0 Å². The van der Waals surface area contributed by atoms with Crippen molar-refractivity contribution >= 4 is 12.0 Å². The number of rotatable bonds is 0. The zero-order valence-corrected chi connectivity index (χ0v) is 8.36. The van der Waals surface area contributed by atoms with E-state index in [4.69, 9.17) is 9.84 Å². The van der Waals surface area contributed by atoms with Crippen molar-refractivity contribution in [2.45, 2.75) is 6.42 Å². The minimum atomic E-state index is -0.945. The Morgan fingerprint density at radius 1 is 1.60 bits per heavy atom. The molecular formula is C9H14N2O4. The number of amides is 2. The molecule has 2 aliphatic rings. The van der Waals surface area contributed by atoms with Crippen molar-refractivity contribution in [2.24, 2.45) is 5.41 Å². The average Bonchev–Trinajstić information content (AvgIpc) is 2.42. The lowest BCUT2D eigenvalue weighted by molar-refractivity contribution is -0.120. The van der Waals surface area contributed by atoms with Crippen molar-refractivity contribution in [2.75, 3.05) is 32.8 Å². The van der Waals surface area contributed by atoms with Crippen LogP contribution in [0.5, 0.6) is 0 Å². The normalized spacial score (nSPS) is 31.5. The summed E-state index contributed by atoms with van der Waals surface area (Å²) >= 11 is 0. The van der Waals surface area contributed by atoms with Crippen LogP contribution in [-0.2, 0) is 9.53 Å². The molecule has 0 aliphatic carbocycles. The van der Waals surface area contributed by atoms with Crippen LogP contribution in [0.15, 0.2) is 0 Å². The molecule has 0 aromatic heterocycles. The lowest BCUT2D eigenvalue weighted by Gasteiger charge is -2.28. The summed E-state index contributed by atoms with van der Waals surface area (Å²) in [5.41, 5.74) is -0.355. The molecular weight excluding hydrogens is 200 g/mol. The third kappa shape index (κ3) is 2.04. The predicted octanol–water partition coefficient (Wildman–Crippen LogP) is -0.497. The van der Waals surface area contributed by atoms with E-state index in [9.17, 15) is 9.59 Å². The fraction of sp³-hybridized carbons (Fsp3) is 0.778. The van der Waals surface area contributed by atoms with Gasteiger partial charge in [0.05, 0.1) is 13.2 Å². The van der Waals surface area contributed by atoms with Gasteiger partial charge in [-0.1, -0.05) is 0 Å². The van der Waals surface area contributed by atoms with E-state index in [-0.39, 0.29) is 11.3 Å². The molecule has 6 heteroatoms. The number of carbonyl (C=O) groups is 2. The fourth-order valence-electron chi connectivity index (χ4n) is 2.12. The lowest BCUT2D eigenvalue weighted by Crippen LogP contribution is -2.42. The maximum Gasteiger partial charge on any atom is 0.407 e. The zero-order chi connectivity index (χ0) is 10.9. The number of hydrogen-bond acceptors (Lipinski definition) is 3. The van der Waals surface area contributed by atoms with E-state index in [0.717, 1.165) is 0 Å².